The number of benzene rings is 1. The van der Waals surface area contributed by atoms with Crippen LogP contribution in [0.15, 0.2) is 30.3 Å². The van der Waals surface area contributed by atoms with Crippen LogP contribution in [0.4, 0.5) is 0 Å². The van der Waals surface area contributed by atoms with Crippen LogP contribution in [-0.4, -0.2) is 25.3 Å². The summed E-state index contributed by atoms with van der Waals surface area (Å²) in [6, 6.07) is 11.5. The van der Waals surface area contributed by atoms with Gasteiger partial charge in [-0.25, -0.2) is 0 Å². The Morgan fingerprint density at radius 1 is 1.30 bits per heavy atom. The van der Waals surface area contributed by atoms with Crippen LogP contribution in [0.5, 0.6) is 0 Å². The Labute approximate surface area is 122 Å². The molecule has 20 heavy (non-hydrogen) atoms. The lowest BCUT2D eigenvalue weighted by atomic mass is 9.51. The Balaban J connectivity index is 1.52. The summed E-state index contributed by atoms with van der Waals surface area (Å²) in [5.74, 6) is 0.583. The third-order valence-electron chi connectivity index (χ3n) is 5.48. The molecule has 1 aromatic carbocycles. The standard InChI is InChI=1S/C18H27NO/c1-3-20-17-12-16(18(17)10-7-11-18)19-13-14(2)15-8-5-4-6-9-15/h4-6,8-9,14,16-17,19H,3,7,10-13H2,1-2H3. The molecule has 3 atom stereocenters. The molecule has 1 N–H and O–H groups in total. The zero-order chi connectivity index (χ0) is 14.0. The summed E-state index contributed by atoms with van der Waals surface area (Å²) in [5, 5.41) is 3.82. The smallest absolute Gasteiger partial charge is 0.0661 e. The van der Waals surface area contributed by atoms with E-state index in [0.717, 1.165) is 13.2 Å². The van der Waals surface area contributed by atoms with E-state index in [9.17, 15) is 0 Å². The number of hydrogen-bond donors (Lipinski definition) is 1. The molecular weight excluding hydrogens is 246 g/mol. The molecule has 3 unspecified atom stereocenters. The molecule has 0 aromatic heterocycles. The number of hydrogen-bond acceptors (Lipinski definition) is 2. The highest BCUT2D eigenvalue weighted by Gasteiger charge is 2.58. The van der Waals surface area contributed by atoms with Gasteiger partial charge in [0, 0.05) is 24.6 Å². The van der Waals surface area contributed by atoms with Crippen molar-refractivity contribution in [2.75, 3.05) is 13.2 Å². The maximum absolute atomic E-state index is 5.92. The second kappa shape index (κ2) is 5.87. The van der Waals surface area contributed by atoms with E-state index in [4.69, 9.17) is 4.74 Å². The molecule has 3 rings (SSSR count). The van der Waals surface area contributed by atoms with Crippen LogP contribution in [0.25, 0.3) is 0 Å². The maximum atomic E-state index is 5.92. The van der Waals surface area contributed by atoms with E-state index >= 15 is 0 Å². The Morgan fingerprint density at radius 3 is 2.65 bits per heavy atom. The van der Waals surface area contributed by atoms with E-state index < -0.39 is 0 Å². The van der Waals surface area contributed by atoms with Crippen molar-refractivity contribution in [1.29, 1.82) is 0 Å². The summed E-state index contributed by atoms with van der Waals surface area (Å²) in [6.07, 6.45) is 5.82. The Bertz CT molecular complexity index is 426. The molecule has 0 bridgehead atoms. The van der Waals surface area contributed by atoms with Crippen molar-refractivity contribution in [1.82, 2.24) is 5.32 Å². The Hall–Kier alpha value is -0.860. The molecule has 0 heterocycles. The topological polar surface area (TPSA) is 21.3 Å². The van der Waals surface area contributed by atoms with Crippen molar-refractivity contribution in [2.45, 2.75) is 57.6 Å². The van der Waals surface area contributed by atoms with Crippen LogP contribution in [0.3, 0.4) is 0 Å². The third-order valence-corrected chi connectivity index (χ3v) is 5.48. The van der Waals surface area contributed by atoms with Crippen LogP contribution >= 0.6 is 0 Å². The lowest BCUT2D eigenvalue weighted by molar-refractivity contribution is -0.172. The van der Waals surface area contributed by atoms with E-state index in [1.54, 1.807) is 0 Å². The normalized spacial score (nSPS) is 28.7. The predicted octanol–water partition coefficient (Wildman–Crippen LogP) is 3.73. The molecule has 0 aliphatic heterocycles. The average Bonchev–Trinajstić information content (AvgIpc) is 2.41. The fourth-order valence-electron chi connectivity index (χ4n) is 3.94. The minimum atomic E-state index is 0.479. The van der Waals surface area contributed by atoms with E-state index in [1.807, 2.05) is 0 Å². The van der Waals surface area contributed by atoms with Gasteiger partial charge >= 0.3 is 0 Å². The minimum Gasteiger partial charge on any atom is -0.378 e. The molecule has 1 aromatic rings. The summed E-state index contributed by atoms with van der Waals surface area (Å²) < 4.78 is 5.92. The highest BCUT2D eigenvalue weighted by Crippen LogP contribution is 2.57. The van der Waals surface area contributed by atoms with E-state index in [0.29, 0.717) is 23.5 Å². The quantitative estimate of drug-likeness (QED) is 0.853. The molecule has 2 saturated carbocycles. The summed E-state index contributed by atoms with van der Waals surface area (Å²) in [4.78, 5) is 0. The SMILES string of the molecule is CCOC1CC(NCC(C)c2ccccc2)C12CCC2. The highest BCUT2D eigenvalue weighted by atomic mass is 16.5. The zero-order valence-corrected chi connectivity index (χ0v) is 12.8. The number of ether oxygens (including phenoxy) is 1. The fourth-order valence-corrected chi connectivity index (χ4v) is 3.94. The minimum absolute atomic E-state index is 0.479. The van der Waals surface area contributed by atoms with Gasteiger partial charge < -0.3 is 10.1 Å². The number of nitrogens with one attached hydrogen (secondary N) is 1. The first-order valence-corrected chi connectivity index (χ1v) is 8.16. The van der Waals surface area contributed by atoms with Crippen LogP contribution in [0.1, 0.15) is 51.0 Å². The first-order chi connectivity index (χ1) is 9.76. The van der Waals surface area contributed by atoms with Crippen molar-refractivity contribution in [3.63, 3.8) is 0 Å². The van der Waals surface area contributed by atoms with Gasteiger partial charge in [-0.2, -0.15) is 0 Å². The molecule has 2 nitrogen and oxygen atoms in total. The van der Waals surface area contributed by atoms with E-state index in [-0.39, 0.29) is 0 Å². The van der Waals surface area contributed by atoms with E-state index in [2.05, 4.69) is 49.5 Å². The zero-order valence-electron chi connectivity index (χ0n) is 12.8. The third kappa shape index (κ3) is 2.40. The summed E-state index contributed by atoms with van der Waals surface area (Å²) >= 11 is 0. The van der Waals surface area contributed by atoms with Crippen LogP contribution in [-0.2, 0) is 4.74 Å². The summed E-state index contributed by atoms with van der Waals surface area (Å²) in [6.45, 7) is 6.37. The van der Waals surface area contributed by atoms with E-state index in [1.165, 1.54) is 31.2 Å². The molecule has 0 saturated heterocycles. The van der Waals surface area contributed by atoms with Gasteiger partial charge in [0.15, 0.2) is 0 Å². The first kappa shape index (κ1) is 14.1. The largest absolute Gasteiger partial charge is 0.378 e. The molecule has 0 radical (unpaired) electrons. The summed E-state index contributed by atoms with van der Waals surface area (Å²) in [5.41, 5.74) is 1.91. The van der Waals surface area contributed by atoms with Crippen molar-refractivity contribution < 1.29 is 4.74 Å². The van der Waals surface area contributed by atoms with Crippen molar-refractivity contribution >= 4 is 0 Å². The monoisotopic (exact) mass is 273 g/mol. The van der Waals surface area contributed by atoms with Crippen LogP contribution < -0.4 is 5.32 Å². The first-order valence-electron chi connectivity index (χ1n) is 8.16. The van der Waals surface area contributed by atoms with Gasteiger partial charge in [-0.05, 0) is 37.7 Å². The van der Waals surface area contributed by atoms with Crippen molar-refractivity contribution in [3.8, 4) is 0 Å². The number of rotatable bonds is 6. The lowest BCUT2D eigenvalue weighted by Gasteiger charge is -2.61. The van der Waals surface area contributed by atoms with Gasteiger partial charge in [0.1, 0.15) is 0 Å². The summed E-state index contributed by atoms with van der Waals surface area (Å²) in [7, 11) is 0. The maximum Gasteiger partial charge on any atom is 0.0661 e. The van der Waals surface area contributed by atoms with Crippen LogP contribution in [0.2, 0.25) is 0 Å². The highest BCUT2D eigenvalue weighted by molar-refractivity contribution is 5.19. The van der Waals surface area contributed by atoms with Gasteiger partial charge in [-0.1, -0.05) is 43.7 Å². The fraction of sp³-hybridized carbons (Fsp3) is 0.667. The van der Waals surface area contributed by atoms with Gasteiger partial charge in [0.2, 0.25) is 0 Å². The van der Waals surface area contributed by atoms with Gasteiger partial charge in [0.25, 0.3) is 0 Å². The average molecular weight is 273 g/mol. The van der Waals surface area contributed by atoms with Crippen molar-refractivity contribution in [3.05, 3.63) is 35.9 Å². The molecule has 0 amide bonds. The van der Waals surface area contributed by atoms with Gasteiger partial charge in [-0.15, -0.1) is 0 Å². The van der Waals surface area contributed by atoms with Crippen LogP contribution in [0, 0.1) is 5.41 Å². The molecule has 2 aliphatic rings. The Morgan fingerprint density at radius 2 is 2.05 bits per heavy atom. The molecule has 2 heteroatoms. The molecule has 2 fully saturated rings. The van der Waals surface area contributed by atoms with Crippen molar-refractivity contribution in [2.24, 2.45) is 5.41 Å². The molecule has 2 aliphatic carbocycles. The van der Waals surface area contributed by atoms with Gasteiger partial charge in [0.05, 0.1) is 6.10 Å². The Kier molecular flexibility index (Phi) is 4.13. The molecule has 110 valence electrons. The second-order valence-corrected chi connectivity index (χ2v) is 6.54. The second-order valence-electron chi connectivity index (χ2n) is 6.54. The van der Waals surface area contributed by atoms with Gasteiger partial charge in [-0.3, -0.25) is 0 Å². The molecule has 1 spiro atoms. The molecular formula is C18H27NO. The lowest BCUT2D eigenvalue weighted by Crippen LogP contribution is -2.67. The predicted molar refractivity (Wildman–Crippen MR) is 83.0 cm³/mol.